The Labute approximate surface area is 112 Å². The van der Waals surface area contributed by atoms with Gasteiger partial charge in [0.2, 0.25) is 0 Å². The van der Waals surface area contributed by atoms with Crippen molar-refractivity contribution in [1.29, 1.82) is 0 Å². The molecule has 0 radical (unpaired) electrons. The molecule has 1 saturated carbocycles. The molecule has 0 aliphatic heterocycles. The lowest BCUT2D eigenvalue weighted by atomic mass is 9.80. The Morgan fingerprint density at radius 3 is 2.58 bits per heavy atom. The maximum absolute atomic E-state index is 11.9. The van der Waals surface area contributed by atoms with Crippen molar-refractivity contribution < 1.29 is 4.74 Å². The lowest BCUT2D eigenvalue weighted by Crippen LogP contribution is -2.48. The third kappa shape index (κ3) is 2.64. The van der Waals surface area contributed by atoms with Gasteiger partial charge in [0, 0.05) is 46.1 Å². The normalized spacial score (nSPS) is 17.2. The Balaban J connectivity index is 2.04. The van der Waals surface area contributed by atoms with E-state index in [4.69, 9.17) is 4.74 Å². The van der Waals surface area contributed by atoms with Crippen LogP contribution in [0.1, 0.15) is 24.8 Å². The van der Waals surface area contributed by atoms with Crippen molar-refractivity contribution in [3.05, 3.63) is 32.6 Å². The van der Waals surface area contributed by atoms with Crippen LogP contribution < -0.4 is 16.6 Å². The molecule has 106 valence electrons. The Hall–Kier alpha value is -1.40. The van der Waals surface area contributed by atoms with Gasteiger partial charge in [-0.15, -0.1) is 0 Å². The molecule has 0 saturated heterocycles. The molecule has 2 rings (SSSR count). The average Bonchev–Trinajstić information content (AvgIpc) is 2.36. The van der Waals surface area contributed by atoms with Crippen LogP contribution in [-0.4, -0.2) is 28.4 Å². The topological polar surface area (TPSA) is 65.3 Å². The summed E-state index contributed by atoms with van der Waals surface area (Å²) in [6, 6.07) is 0. The third-order valence-electron chi connectivity index (χ3n) is 3.98. The van der Waals surface area contributed by atoms with Crippen molar-refractivity contribution in [2.45, 2.75) is 31.4 Å². The minimum absolute atomic E-state index is 0.0636. The van der Waals surface area contributed by atoms with E-state index in [1.807, 2.05) is 0 Å². The molecule has 6 nitrogen and oxygen atoms in total. The van der Waals surface area contributed by atoms with Crippen molar-refractivity contribution in [3.8, 4) is 0 Å². The molecule has 1 aromatic rings. The molecule has 1 heterocycles. The highest BCUT2D eigenvalue weighted by atomic mass is 16.5. The molecule has 6 heteroatoms. The molecule has 0 unspecified atom stereocenters. The van der Waals surface area contributed by atoms with Crippen LogP contribution in [0.3, 0.4) is 0 Å². The zero-order valence-corrected chi connectivity index (χ0v) is 11.7. The van der Waals surface area contributed by atoms with Crippen molar-refractivity contribution in [2.75, 3.05) is 13.7 Å². The molecule has 1 aromatic heterocycles. The highest BCUT2D eigenvalue weighted by Crippen LogP contribution is 2.34. The molecule has 1 aliphatic rings. The quantitative estimate of drug-likeness (QED) is 0.798. The number of nitrogens with one attached hydrogen (secondary N) is 1. The van der Waals surface area contributed by atoms with Gasteiger partial charge in [0.1, 0.15) is 0 Å². The summed E-state index contributed by atoms with van der Waals surface area (Å²) in [7, 11) is 4.87. The van der Waals surface area contributed by atoms with Gasteiger partial charge in [-0.2, -0.15) is 0 Å². The van der Waals surface area contributed by atoms with Gasteiger partial charge >= 0.3 is 5.69 Å². The van der Waals surface area contributed by atoms with E-state index in [0.717, 1.165) is 24.0 Å². The first-order valence-corrected chi connectivity index (χ1v) is 6.50. The number of aryl methyl sites for hydroxylation is 1. The number of ether oxygens (including phenoxy) is 1. The molecule has 0 bridgehead atoms. The fourth-order valence-corrected chi connectivity index (χ4v) is 2.45. The summed E-state index contributed by atoms with van der Waals surface area (Å²) in [4.78, 5) is 23.5. The fraction of sp³-hybridized carbons (Fsp3) is 0.692. The number of nitrogens with zero attached hydrogens (tertiary/aromatic N) is 2. The van der Waals surface area contributed by atoms with Gasteiger partial charge in [0.15, 0.2) is 0 Å². The molecule has 1 N–H and O–H groups in total. The number of methoxy groups -OCH3 is 1. The molecule has 1 aliphatic carbocycles. The summed E-state index contributed by atoms with van der Waals surface area (Å²) in [5, 5.41) is 3.26. The monoisotopic (exact) mass is 267 g/mol. The number of hydrogen-bond donors (Lipinski definition) is 1. The first kappa shape index (κ1) is 14.0. The van der Waals surface area contributed by atoms with E-state index in [1.165, 1.54) is 18.0 Å². The van der Waals surface area contributed by atoms with Gasteiger partial charge in [-0.25, -0.2) is 4.79 Å². The largest absolute Gasteiger partial charge is 0.377 e. The molecular formula is C13H21N3O3. The first-order chi connectivity index (χ1) is 8.99. The summed E-state index contributed by atoms with van der Waals surface area (Å²) >= 11 is 0. The second kappa shape index (κ2) is 5.30. The van der Waals surface area contributed by atoms with Crippen LogP contribution in [0.15, 0.2) is 15.8 Å². The summed E-state index contributed by atoms with van der Waals surface area (Å²) in [6.07, 6.45) is 4.90. The van der Waals surface area contributed by atoms with E-state index in [2.05, 4.69) is 5.32 Å². The highest BCUT2D eigenvalue weighted by Gasteiger charge is 2.36. The highest BCUT2D eigenvalue weighted by molar-refractivity contribution is 5.05. The molecule has 0 spiro atoms. The minimum atomic E-state index is -0.305. The second-order valence-electron chi connectivity index (χ2n) is 5.26. The van der Waals surface area contributed by atoms with Gasteiger partial charge in [0.25, 0.3) is 5.56 Å². The van der Waals surface area contributed by atoms with Crippen LogP contribution in [0.4, 0.5) is 0 Å². The van der Waals surface area contributed by atoms with Crippen molar-refractivity contribution in [1.82, 2.24) is 14.5 Å². The van der Waals surface area contributed by atoms with Gasteiger partial charge in [0.05, 0.1) is 5.60 Å². The number of rotatable bonds is 5. The van der Waals surface area contributed by atoms with E-state index in [9.17, 15) is 9.59 Å². The standard InChI is InChI=1S/C13H21N3O3/c1-15-8-10(11(17)16(2)12(15)18)7-14-9-13(19-3)5-4-6-13/h8,14H,4-7,9H2,1-3H3. The smallest absolute Gasteiger partial charge is 0.330 e. The van der Waals surface area contributed by atoms with Crippen LogP contribution in [0.25, 0.3) is 0 Å². The summed E-state index contributed by atoms with van der Waals surface area (Å²) in [6.45, 7) is 1.18. The van der Waals surface area contributed by atoms with E-state index in [0.29, 0.717) is 12.1 Å². The first-order valence-electron chi connectivity index (χ1n) is 6.50. The number of hydrogen-bond acceptors (Lipinski definition) is 4. The SMILES string of the molecule is COC1(CNCc2cn(C)c(=O)n(C)c2=O)CCC1. The molecule has 0 atom stereocenters. The lowest BCUT2D eigenvalue weighted by Gasteiger charge is -2.40. The molecule has 0 aromatic carbocycles. The van der Waals surface area contributed by atoms with Gasteiger partial charge in [-0.05, 0) is 19.3 Å². The summed E-state index contributed by atoms with van der Waals surface area (Å²) in [5.41, 5.74) is -0.0155. The summed E-state index contributed by atoms with van der Waals surface area (Å²) < 4.78 is 8.06. The van der Waals surface area contributed by atoms with E-state index in [-0.39, 0.29) is 16.9 Å². The van der Waals surface area contributed by atoms with Gasteiger partial charge in [-0.1, -0.05) is 0 Å². The number of aromatic nitrogens is 2. The van der Waals surface area contributed by atoms with Crippen molar-refractivity contribution in [3.63, 3.8) is 0 Å². The maximum atomic E-state index is 11.9. The van der Waals surface area contributed by atoms with Crippen LogP contribution in [0, 0.1) is 0 Å². The summed E-state index contributed by atoms with van der Waals surface area (Å²) in [5.74, 6) is 0. The third-order valence-corrected chi connectivity index (χ3v) is 3.98. The molecule has 0 amide bonds. The van der Waals surface area contributed by atoms with Crippen LogP contribution in [0.2, 0.25) is 0 Å². The van der Waals surface area contributed by atoms with E-state index >= 15 is 0 Å². The Morgan fingerprint density at radius 2 is 2.05 bits per heavy atom. The maximum Gasteiger partial charge on any atom is 0.330 e. The Morgan fingerprint density at radius 1 is 1.37 bits per heavy atom. The zero-order valence-electron chi connectivity index (χ0n) is 11.7. The van der Waals surface area contributed by atoms with Crippen molar-refractivity contribution >= 4 is 0 Å². The average molecular weight is 267 g/mol. The fourth-order valence-electron chi connectivity index (χ4n) is 2.45. The van der Waals surface area contributed by atoms with Crippen LogP contribution >= 0.6 is 0 Å². The van der Waals surface area contributed by atoms with E-state index < -0.39 is 0 Å². The Kier molecular flexibility index (Phi) is 3.91. The molecule has 1 fully saturated rings. The molecule has 19 heavy (non-hydrogen) atoms. The lowest BCUT2D eigenvalue weighted by molar-refractivity contribution is -0.0695. The van der Waals surface area contributed by atoms with Gasteiger partial charge in [-0.3, -0.25) is 9.36 Å². The van der Waals surface area contributed by atoms with Crippen LogP contribution in [-0.2, 0) is 25.4 Å². The minimum Gasteiger partial charge on any atom is -0.377 e. The van der Waals surface area contributed by atoms with Crippen molar-refractivity contribution in [2.24, 2.45) is 14.1 Å². The van der Waals surface area contributed by atoms with Gasteiger partial charge < -0.3 is 14.6 Å². The molecular weight excluding hydrogens is 246 g/mol. The predicted octanol–water partition coefficient (Wildman–Crippen LogP) is -0.257. The predicted molar refractivity (Wildman–Crippen MR) is 72.2 cm³/mol. The zero-order chi connectivity index (χ0) is 14.0. The second-order valence-corrected chi connectivity index (χ2v) is 5.26. The van der Waals surface area contributed by atoms with Crippen LogP contribution in [0.5, 0.6) is 0 Å². The van der Waals surface area contributed by atoms with E-state index in [1.54, 1.807) is 20.4 Å². The Bertz CT molecular complexity index is 564.